The molecule has 2 aromatic carbocycles. The zero-order chi connectivity index (χ0) is 21.5. The molecule has 0 saturated heterocycles. The molecule has 2 aromatic rings. The van der Waals surface area contributed by atoms with Crippen molar-refractivity contribution in [2.45, 2.75) is 44.6 Å². The Bertz CT molecular complexity index is 894. The van der Waals surface area contributed by atoms with Gasteiger partial charge in [-0.05, 0) is 63.9 Å². The lowest BCUT2D eigenvalue weighted by Gasteiger charge is -2.19. The second-order valence-electron chi connectivity index (χ2n) is 7.65. The van der Waals surface area contributed by atoms with Crippen molar-refractivity contribution in [2.24, 2.45) is 0 Å². The monoisotopic (exact) mass is 420 g/mol. The number of hydrogen-bond acceptors (Lipinski definition) is 6. The average Bonchev–Trinajstić information content (AvgIpc) is 2.64. The molecule has 0 aliphatic heterocycles. The molecule has 0 aromatic heterocycles. The van der Waals surface area contributed by atoms with Crippen LogP contribution in [0, 0.1) is 6.92 Å². The molecule has 7 heteroatoms. The first kappa shape index (κ1) is 23.1. The Morgan fingerprint density at radius 1 is 0.897 bits per heavy atom. The number of carbonyl (C=O) groups excluding carboxylic acids is 1. The SMILES string of the molecule is Cc1ccc(S(=O)(=O)OCCOCCc2ccc(C(=O)OC(C)(C)C)cc2)cc1. The molecule has 0 amide bonds. The normalized spacial score (nSPS) is 12.0. The summed E-state index contributed by atoms with van der Waals surface area (Å²) < 4.78 is 39.9. The maximum absolute atomic E-state index is 12.1. The van der Waals surface area contributed by atoms with Gasteiger partial charge in [-0.25, -0.2) is 4.79 Å². The first-order valence-corrected chi connectivity index (χ1v) is 10.8. The van der Waals surface area contributed by atoms with Crippen molar-refractivity contribution < 1.29 is 26.9 Å². The Morgan fingerprint density at radius 3 is 2.10 bits per heavy atom. The maximum atomic E-state index is 12.1. The van der Waals surface area contributed by atoms with E-state index < -0.39 is 15.7 Å². The minimum Gasteiger partial charge on any atom is -0.456 e. The summed E-state index contributed by atoms with van der Waals surface area (Å²) in [5.74, 6) is -0.354. The van der Waals surface area contributed by atoms with Gasteiger partial charge < -0.3 is 9.47 Å². The molecule has 0 spiro atoms. The third-order valence-corrected chi connectivity index (χ3v) is 5.23. The lowest BCUT2D eigenvalue weighted by molar-refractivity contribution is 0.00695. The number of ether oxygens (including phenoxy) is 2. The molecule has 0 fully saturated rings. The Hall–Kier alpha value is -2.22. The van der Waals surface area contributed by atoms with Crippen LogP contribution in [-0.2, 0) is 30.2 Å². The van der Waals surface area contributed by atoms with Crippen LogP contribution in [0.1, 0.15) is 42.3 Å². The van der Waals surface area contributed by atoms with Crippen LogP contribution in [0.25, 0.3) is 0 Å². The van der Waals surface area contributed by atoms with Crippen LogP contribution in [0.3, 0.4) is 0 Å². The average molecular weight is 421 g/mol. The fourth-order valence-corrected chi connectivity index (χ4v) is 3.31. The van der Waals surface area contributed by atoms with Gasteiger partial charge in [-0.15, -0.1) is 0 Å². The second-order valence-corrected chi connectivity index (χ2v) is 9.27. The van der Waals surface area contributed by atoms with Crippen molar-refractivity contribution in [1.82, 2.24) is 0 Å². The van der Waals surface area contributed by atoms with Crippen molar-refractivity contribution in [2.75, 3.05) is 19.8 Å². The Balaban J connectivity index is 1.70. The highest BCUT2D eigenvalue weighted by molar-refractivity contribution is 7.86. The Kier molecular flexibility index (Phi) is 7.96. The van der Waals surface area contributed by atoms with Gasteiger partial charge in [0.05, 0.1) is 30.3 Å². The quantitative estimate of drug-likeness (QED) is 0.348. The molecule has 0 aliphatic carbocycles. The van der Waals surface area contributed by atoms with Gasteiger partial charge in [0.2, 0.25) is 0 Å². The molecular weight excluding hydrogens is 392 g/mol. The zero-order valence-electron chi connectivity index (χ0n) is 17.3. The third kappa shape index (κ3) is 7.97. The van der Waals surface area contributed by atoms with Crippen LogP contribution in [0.5, 0.6) is 0 Å². The van der Waals surface area contributed by atoms with Crippen LogP contribution in [0.2, 0.25) is 0 Å². The zero-order valence-corrected chi connectivity index (χ0v) is 18.1. The lowest BCUT2D eigenvalue weighted by atomic mass is 10.1. The molecule has 0 saturated carbocycles. The molecule has 6 nitrogen and oxygen atoms in total. The van der Waals surface area contributed by atoms with Gasteiger partial charge in [0, 0.05) is 0 Å². The second kappa shape index (κ2) is 10.0. The highest BCUT2D eigenvalue weighted by atomic mass is 32.2. The predicted molar refractivity (Wildman–Crippen MR) is 110 cm³/mol. The first-order valence-electron chi connectivity index (χ1n) is 9.43. The summed E-state index contributed by atoms with van der Waals surface area (Å²) in [5, 5.41) is 0. The predicted octanol–water partition coefficient (Wildman–Crippen LogP) is 3.91. The minimum atomic E-state index is -3.77. The van der Waals surface area contributed by atoms with Gasteiger partial charge in [0.25, 0.3) is 10.1 Å². The van der Waals surface area contributed by atoms with Gasteiger partial charge >= 0.3 is 5.97 Å². The van der Waals surface area contributed by atoms with E-state index in [4.69, 9.17) is 13.7 Å². The van der Waals surface area contributed by atoms with Crippen molar-refractivity contribution in [1.29, 1.82) is 0 Å². The lowest BCUT2D eigenvalue weighted by Crippen LogP contribution is -2.23. The molecule has 0 N–H and O–H groups in total. The summed E-state index contributed by atoms with van der Waals surface area (Å²) in [6, 6.07) is 13.6. The van der Waals surface area contributed by atoms with E-state index in [2.05, 4.69) is 0 Å². The summed E-state index contributed by atoms with van der Waals surface area (Å²) in [6.45, 7) is 7.90. The van der Waals surface area contributed by atoms with Gasteiger partial charge in [-0.1, -0.05) is 29.8 Å². The molecule has 29 heavy (non-hydrogen) atoms. The summed E-state index contributed by atoms with van der Waals surface area (Å²) in [6.07, 6.45) is 0.638. The van der Waals surface area contributed by atoms with E-state index in [1.807, 2.05) is 39.8 Å². The molecule has 0 aliphatic rings. The topological polar surface area (TPSA) is 78.9 Å². The van der Waals surface area contributed by atoms with Gasteiger partial charge in [-0.2, -0.15) is 8.42 Å². The van der Waals surface area contributed by atoms with Crippen LogP contribution in [-0.4, -0.2) is 39.8 Å². The van der Waals surface area contributed by atoms with Crippen molar-refractivity contribution >= 4 is 16.1 Å². The Morgan fingerprint density at radius 2 is 1.52 bits per heavy atom. The van der Waals surface area contributed by atoms with Gasteiger partial charge in [-0.3, -0.25) is 4.18 Å². The van der Waals surface area contributed by atoms with E-state index in [1.54, 1.807) is 24.3 Å². The summed E-state index contributed by atoms with van der Waals surface area (Å²) >= 11 is 0. The largest absolute Gasteiger partial charge is 0.456 e. The van der Waals surface area contributed by atoms with Crippen molar-refractivity contribution in [3.63, 3.8) is 0 Å². The standard InChI is InChI=1S/C22H28O6S/c1-17-5-11-20(12-6-17)29(24,25)27-16-15-26-14-13-18-7-9-19(10-8-18)21(23)28-22(2,3)4/h5-12H,13-16H2,1-4H3. The fourth-order valence-electron chi connectivity index (χ4n) is 2.41. The molecular formula is C22H28O6S. The summed E-state index contributed by atoms with van der Waals surface area (Å²) in [5.41, 5.74) is 1.95. The smallest absolute Gasteiger partial charge is 0.338 e. The maximum Gasteiger partial charge on any atom is 0.338 e. The van der Waals surface area contributed by atoms with Crippen LogP contribution < -0.4 is 0 Å². The summed E-state index contributed by atoms with van der Waals surface area (Å²) in [4.78, 5) is 12.1. The van der Waals surface area contributed by atoms with E-state index >= 15 is 0 Å². The van der Waals surface area contributed by atoms with Crippen molar-refractivity contribution in [3.8, 4) is 0 Å². The number of benzene rings is 2. The van der Waals surface area contributed by atoms with Gasteiger partial charge in [0.15, 0.2) is 0 Å². The van der Waals surface area contributed by atoms with Gasteiger partial charge in [0.1, 0.15) is 5.60 Å². The Labute approximate surface area is 172 Å². The van der Waals surface area contributed by atoms with Crippen LogP contribution in [0.4, 0.5) is 0 Å². The van der Waals surface area contributed by atoms with E-state index in [1.165, 1.54) is 12.1 Å². The number of rotatable bonds is 9. The van der Waals surface area contributed by atoms with E-state index in [0.29, 0.717) is 18.6 Å². The molecule has 0 bridgehead atoms. The number of carbonyl (C=O) groups is 1. The highest BCUT2D eigenvalue weighted by Gasteiger charge is 2.17. The highest BCUT2D eigenvalue weighted by Crippen LogP contribution is 2.14. The summed E-state index contributed by atoms with van der Waals surface area (Å²) in [7, 11) is -3.77. The number of aryl methyl sites for hydroxylation is 1. The van der Waals surface area contributed by atoms with Crippen LogP contribution >= 0.6 is 0 Å². The number of hydrogen-bond donors (Lipinski definition) is 0. The van der Waals surface area contributed by atoms with E-state index in [9.17, 15) is 13.2 Å². The molecule has 0 radical (unpaired) electrons. The first-order chi connectivity index (χ1) is 13.6. The van der Waals surface area contributed by atoms with E-state index in [0.717, 1.165) is 11.1 Å². The fraction of sp³-hybridized carbons (Fsp3) is 0.409. The van der Waals surface area contributed by atoms with Crippen molar-refractivity contribution in [3.05, 3.63) is 65.2 Å². The molecule has 0 unspecified atom stereocenters. The van der Waals surface area contributed by atoms with Crippen LogP contribution in [0.15, 0.2) is 53.4 Å². The molecule has 0 heterocycles. The minimum absolute atomic E-state index is 0.0478. The van der Waals surface area contributed by atoms with E-state index in [-0.39, 0.29) is 24.1 Å². The molecule has 158 valence electrons. The number of esters is 1. The third-order valence-electron chi connectivity index (χ3n) is 3.90. The molecule has 0 atom stereocenters. The molecule has 2 rings (SSSR count).